The van der Waals surface area contributed by atoms with Crippen LogP contribution in [0.3, 0.4) is 0 Å². The van der Waals surface area contributed by atoms with Crippen molar-refractivity contribution in [3.05, 3.63) is 94.6 Å². The van der Waals surface area contributed by atoms with E-state index >= 15 is 0 Å². The summed E-state index contributed by atoms with van der Waals surface area (Å²) < 4.78 is 5.63. The topological polar surface area (TPSA) is 54.8 Å². The molecule has 4 aromatic rings. The number of fused-ring (bicyclic) bond motifs is 1. The van der Waals surface area contributed by atoms with Gasteiger partial charge in [0.1, 0.15) is 5.75 Å². The second-order valence-electron chi connectivity index (χ2n) is 8.58. The third-order valence-electron chi connectivity index (χ3n) is 6.45. The van der Waals surface area contributed by atoms with E-state index in [4.69, 9.17) is 26.4 Å². The standard InChI is InChI=1S/C29H26ClN3O2/c1-4-27(34)33-25(21-12-8-9-13-26(21)35-3)17-24(32-33)28-18(2)31-23-15-14-20(30)16-22(23)29(28)19-10-6-5-7-11-19/h5-16,25H,4,17H2,1-3H3/t25-/m0/s1. The van der Waals surface area contributed by atoms with Crippen LogP contribution in [0.2, 0.25) is 5.02 Å². The molecule has 0 saturated carbocycles. The number of carbonyl (C=O) groups is 1. The number of aryl methyl sites for hydroxylation is 1. The number of para-hydroxylation sites is 1. The molecule has 0 unspecified atom stereocenters. The number of methoxy groups -OCH3 is 1. The zero-order chi connectivity index (χ0) is 24.5. The number of hydrogen-bond acceptors (Lipinski definition) is 4. The molecule has 2 heterocycles. The molecule has 5 nitrogen and oxygen atoms in total. The molecule has 0 saturated heterocycles. The van der Waals surface area contributed by atoms with Crippen molar-refractivity contribution in [2.45, 2.75) is 32.7 Å². The zero-order valence-electron chi connectivity index (χ0n) is 20.0. The van der Waals surface area contributed by atoms with Crippen LogP contribution in [0.25, 0.3) is 22.0 Å². The molecule has 176 valence electrons. The van der Waals surface area contributed by atoms with Crippen molar-refractivity contribution >= 4 is 34.1 Å². The van der Waals surface area contributed by atoms with Gasteiger partial charge in [-0.05, 0) is 36.8 Å². The molecule has 0 N–H and O–H groups in total. The first-order valence-electron chi connectivity index (χ1n) is 11.7. The van der Waals surface area contributed by atoms with Crippen LogP contribution in [0.5, 0.6) is 5.75 Å². The highest BCUT2D eigenvalue weighted by Crippen LogP contribution is 2.41. The lowest BCUT2D eigenvalue weighted by molar-refractivity contribution is -0.132. The molecule has 35 heavy (non-hydrogen) atoms. The first-order valence-corrected chi connectivity index (χ1v) is 12.1. The second kappa shape index (κ2) is 9.51. The van der Waals surface area contributed by atoms with E-state index in [-0.39, 0.29) is 11.9 Å². The first-order chi connectivity index (χ1) is 17.0. The summed E-state index contributed by atoms with van der Waals surface area (Å²) in [5.41, 5.74) is 6.52. The lowest BCUT2D eigenvalue weighted by atomic mass is 9.89. The van der Waals surface area contributed by atoms with Crippen molar-refractivity contribution in [3.8, 4) is 16.9 Å². The van der Waals surface area contributed by atoms with E-state index in [1.807, 2.05) is 74.5 Å². The fourth-order valence-corrected chi connectivity index (χ4v) is 5.03. The molecule has 1 aromatic heterocycles. The normalized spacial score (nSPS) is 15.4. The molecule has 1 aliphatic heterocycles. The van der Waals surface area contributed by atoms with Crippen LogP contribution in [0, 0.1) is 6.92 Å². The summed E-state index contributed by atoms with van der Waals surface area (Å²) in [6.07, 6.45) is 0.916. The van der Waals surface area contributed by atoms with Crippen LogP contribution in [0.4, 0.5) is 0 Å². The second-order valence-corrected chi connectivity index (χ2v) is 9.01. The van der Waals surface area contributed by atoms with E-state index in [0.29, 0.717) is 17.9 Å². The molecule has 0 aliphatic carbocycles. The van der Waals surface area contributed by atoms with Gasteiger partial charge in [-0.15, -0.1) is 0 Å². The predicted octanol–water partition coefficient (Wildman–Crippen LogP) is 6.96. The third kappa shape index (κ3) is 4.17. The number of aromatic nitrogens is 1. The molecule has 5 rings (SSSR count). The molecule has 1 amide bonds. The Morgan fingerprint density at radius 1 is 1.06 bits per heavy atom. The molecule has 1 atom stereocenters. The van der Waals surface area contributed by atoms with Crippen molar-refractivity contribution in [2.24, 2.45) is 5.10 Å². The SMILES string of the molecule is CCC(=O)N1N=C(c2c(C)nc3ccc(Cl)cc3c2-c2ccccc2)C[C@H]1c1ccccc1OC. The molecule has 0 spiro atoms. The number of nitrogens with zero attached hydrogens (tertiary/aromatic N) is 3. The number of pyridine rings is 1. The summed E-state index contributed by atoms with van der Waals surface area (Å²) in [5.74, 6) is 0.706. The molecule has 6 heteroatoms. The van der Waals surface area contributed by atoms with Gasteiger partial charge in [0.15, 0.2) is 0 Å². The lowest BCUT2D eigenvalue weighted by Crippen LogP contribution is -2.26. The Morgan fingerprint density at radius 3 is 2.54 bits per heavy atom. The first kappa shape index (κ1) is 23.1. The molecule has 1 aliphatic rings. The van der Waals surface area contributed by atoms with Gasteiger partial charge in [0, 0.05) is 45.6 Å². The van der Waals surface area contributed by atoms with E-state index < -0.39 is 0 Å². The third-order valence-corrected chi connectivity index (χ3v) is 6.68. The number of amides is 1. The van der Waals surface area contributed by atoms with Gasteiger partial charge in [0.25, 0.3) is 0 Å². The zero-order valence-corrected chi connectivity index (χ0v) is 20.7. The Hall–Kier alpha value is -3.70. The van der Waals surface area contributed by atoms with E-state index in [2.05, 4.69) is 12.1 Å². The molecule has 3 aromatic carbocycles. The van der Waals surface area contributed by atoms with E-state index in [1.165, 1.54) is 0 Å². The van der Waals surface area contributed by atoms with Crippen LogP contribution in [-0.2, 0) is 4.79 Å². The number of hydrazone groups is 1. The summed E-state index contributed by atoms with van der Waals surface area (Å²) in [6, 6.07) is 23.5. The number of rotatable bonds is 5. The molecular formula is C29H26ClN3O2. The fraction of sp³-hybridized carbons (Fsp3) is 0.207. The van der Waals surface area contributed by atoms with Gasteiger partial charge in [-0.2, -0.15) is 5.10 Å². The summed E-state index contributed by atoms with van der Waals surface area (Å²) in [4.78, 5) is 17.9. The minimum Gasteiger partial charge on any atom is -0.496 e. The average molecular weight is 484 g/mol. The Bertz CT molecular complexity index is 1450. The van der Waals surface area contributed by atoms with Gasteiger partial charge < -0.3 is 4.74 Å². The van der Waals surface area contributed by atoms with Crippen molar-refractivity contribution in [1.82, 2.24) is 9.99 Å². The van der Waals surface area contributed by atoms with Crippen LogP contribution < -0.4 is 4.74 Å². The van der Waals surface area contributed by atoms with Crippen molar-refractivity contribution in [2.75, 3.05) is 7.11 Å². The van der Waals surface area contributed by atoms with Crippen molar-refractivity contribution in [1.29, 1.82) is 0 Å². The van der Waals surface area contributed by atoms with Gasteiger partial charge in [0.05, 0.1) is 24.4 Å². The maximum atomic E-state index is 13.0. The maximum absolute atomic E-state index is 13.0. The number of benzene rings is 3. The van der Waals surface area contributed by atoms with Gasteiger partial charge in [-0.1, -0.05) is 67.1 Å². The Kier molecular flexibility index (Phi) is 6.27. The fourth-order valence-electron chi connectivity index (χ4n) is 4.85. The maximum Gasteiger partial charge on any atom is 0.242 e. The summed E-state index contributed by atoms with van der Waals surface area (Å²) in [7, 11) is 1.65. The van der Waals surface area contributed by atoms with Gasteiger partial charge in [0.2, 0.25) is 5.91 Å². The monoisotopic (exact) mass is 483 g/mol. The van der Waals surface area contributed by atoms with Crippen LogP contribution >= 0.6 is 11.6 Å². The summed E-state index contributed by atoms with van der Waals surface area (Å²) in [6.45, 7) is 3.86. The van der Waals surface area contributed by atoms with Gasteiger partial charge in [-0.25, -0.2) is 5.01 Å². The Morgan fingerprint density at radius 2 is 1.80 bits per heavy atom. The van der Waals surface area contributed by atoms with Crippen molar-refractivity contribution in [3.63, 3.8) is 0 Å². The quantitative estimate of drug-likeness (QED) is 0.308. The van der Waals surface area contributed by atoms with Gasteiger partial charge in [-0.3, -0.25) is 9.78 Å². The smallest absolute Gasteiger partial charge is 0.242 e. The highest BCUT2D eigenvalue weighted by atomic mass is 35.5. The molecular weight excluding hydrogens is 458 g/mol. The minimum atomic E-state index is -0.258. The Balaban J connectivity index is 1.74. The summed E-state index contributed by atoms with van der Waals surface area (Å²) >= 11 is 6.43. The Labute approximate surface area is 210 Å². The van der Waals surface area contributed by atoms with Crippen molar-refractivity contribution < 1.29 is 9.53 Å². The van der Waals surface area contributed by atoms with Gasteiger partial charge >= 0.3 is 0 Å². The number of hydrogen-bond donors (Lipinski definition) is 0. The largest absolute Gasteiger partial charge is 0.496 e. The van der Waals surface area contributed by atoms with Crippen LogP contribution in [0.15, 0.2) is 77.9 Å². The number of ether oxygens (including phenoxy) is 1. The molecule has 0 bridgehead atoms. The number of carbonyl (C=O) groups excluding carboxylic acids is 1. The lowest BCUT2D eigenvalue weighted by Gasteiger charge is -2.23. The van der Waals surface area contributed by atoms with E-state index in [1.54, 1.807) is 12.1 Å². The molecule has 0 fully saturated rings. The van der Waals surface area contributed by atoms with E-state index in [0.717, 1.165) is 50.3 Å². The predicted molar refractivity (Wildman–Crippen MR) is 141 cm³/mol. The minimum absolute atomic E-state index is 0.0355. The van der Waals surface area contributed by atoms with Crippen LogP contribution in [0.1, 0.15) is 42.6 Å². The molecule has 0 radical (unpaired) electrons. The highest BCUT2D eigenvalue weighted by molar-refractivity contribution is 6.31. The number of halogens is 1. The van der Waals surface area contributed by atoms with E-state index in [9.17, 15) is 4.79 Å². The average Bonchev–Trinajstić information content (AvgIpc) is 3.33. The highest BCUT2D eigenvalue weighted by Gasteiger charge is 2.36. The summed E-state index contributed by atoms with van der Waals surface area (Å²) in [5, 5.41) is 8.13. The van der Waals surface area contributed by atoms with Crippen LogP contribution in [-0.4, -0.2) is 28.7 Å².